The number of aliphatic carboxylic acids is 1. The van der Waals surface area contributed by atoms with Gasteiger partial charge in [-0.25, -0.2) is 9.59 Å². The van der Waals surface area contributed by atoms with E-state index in [1.165, 1.54) is 0 Å². The van der Waals surface area contributed by atoms with Crippen LogP contribution in [0, 0.1) is 6.92 Å². The van der Waals surface area contributed by atoms with Gasteiger partial charge < -0.3 is 19.6 Å². The molecule has 0 aliphatic rings. The Kier molecular flexibility index (Phi) is 8.89. The van der Waals surface area contributed by atoms with Crippen LogP contribution in [0.5, 0.6) is 5.75 Å². The number of hydrogen-bond donors (Lipinski definition) is 2. The summed E-state index contributed by atoms with van der Waals surface area (Å²) < 4.78 is 11.0. The molecule has 0 radical (unpaired) electrons. The summed E-state index contributed by atoms with van der Waals surface area (Å²) in [5.41, 5.74) is 1.69. The van der Waals surface area contributed by atoms with Gasteiger partial charge in [-0.3, -0.25) is 4.79 Å². The number of unbranched alkanes of at least 4 members (excludes halogenated alkanes) is 3. The number of ether oxygens (including phenoxy) is 1. The van der Waals surface area contributed by atoms with E-state index in [0.29, 0.717) is 36.2 Å². The highest BCUT2D eigenvalue weighted by Crippen LogP contribution is 2.25. The third-order valence-corrected chi connectivity index (χ3v) is 5.12. The van der Waals surface area contributed by atoms with Crippen molar-refractivity contribution < 1.29 is 23.8 Å². The Morgan fingerprint density at radius 1 is 1.17 bits per heavy atom. The molecule has 1 amide bonds. The highest BCUT2D eigenvalue weighted by Gasteiger charge is 2.19. The minimum Gasteiger partial charge on any atom is -0.484 e. The molecule has 30 heavy (non-hydrogen) atoms. The highest BCUT2D eigenvalue weighted by molar-refractivity contribution is 5.85. The van der Waals surface area contributed by atoms with Crippen LogP contribution in [-0.2, 0) is 16.0 Å². The third kappa shape index (κ3) is 6.34. The van der Waals surface area contributed by atoms with Gasteiger partial charge in [0.1, 0.15) is 17.4 Å². The Morgan fingerprint density at radius 3 is 2.60 bits per heavy atom. The molecule has 0 spiro atoms. The van der Waals surface area contributed by atoms with Crippen LogP contribution in [-0.4, -0.2) is 29.6 Å². The van der Waals surface area contributed by atoms with Crippen molar-refractivity contribution in [3.8, 4) is 5.75 Å². The molecule has 164 valence electrons. The van der Waals surface area contributed by atoms with Gasteiger partial charge >= 0.3 is 11.6 Å². The summed E-state index contributed by atoms with van der Waals surface area (Å²) in [6.45, 7) is 5.59. The number of carboxylic acid groups (broad SMARTS) is 1. The van der Waals surface area contributed by atoms with Gasteiger partial charge in [-0.05, 0) is 43.9 Å². The second-order valence-corrected chi connectivity index (χ2v) is 7.50. The fourth-order valence-electron chi connectivity index (χ4n) is 3.41. The summed E-state index contributed by atoms with van der Waals surface area (Å²) in [4.78, 5) is 35.5. The monoisotopic (exact) mass is 417 g/mol. The van der Waals surface area contributed by atoms with Crippen LogP contribution < -0.4 is 15.7 Å². The maximum absolute atomic E-state index is 12.4. The molecule has 2 N–H and O–H groups in total. The van der Waals surface area contributed by atoms with E-state index in [9.17, 15) is 14.4 Å². The first-order valence-corrected chi connectivity index (χ1v) is 10.6. The zero-order valence-electron chi connectivity index (χ0n) is 18.0. The number of hydrogen-bond acceptors (Lipinski definition) is 5. The summed E-state index contributed by atoms with van der Waals surface area (Å²) in [6, 6.07) is 4.18. The summed E-state index contributed by atoms with van der Waals surface area (Å²) in [5, 5.41) is 12.4. The smallest absolute Gasteiger partial charge is 0.339 e. The van der Waals surface area contributed by atoms with Crippen molar-refractivity contribution in [3.63, 3.8) is 0 Å². The minimum atomic E-state index is -1.07. The first-order valence-electron chi connectivity index (χ1n) is 10.6. The maximum Gasteiger partial charge on any atom is 0.339 e. The second-order valence-electron chi connectivity index (χ2n) is 7.50. The number of rotatable bonds is 12. The van der Waals surface area contributed by atoms with Gasteiger partial charge in [0.2, 0.25) is 0 Å². The van der Waals surface area contributed by atoms with Gasteiger partial charge in [0.05, 0.1) is 0 Å². The number of fused-ring (bicyclic) bond motifs is 1. The van der Waals surface area contributed by atoms with Crippen molar-refractivity contribution in [2.75, 3.05) is 6.61 Å². The number of carboxylic acids is 1. The first-order chi connectivity index (χ1) is 14.4. The Labute approximate surface area is 176 Å². The Morgan fingerprint density at radius 2 is 1.93 bits per heavy atom. The van der Waals surface area contributed by atoms with Crippen LogP contribution in [0.25, 0.3) is 11.0 Å². The lowest BCUT2D eigenvalue weighted by Gasteiger charge is -2.14. The SMILES string of the molecule is CCCCCCc1c(C)c2ccc(OCC(=O)N[C@@H](CCC)C(=O)O)cc2oc1=O. The fraction of sp³-hybridized carbons (Fsp3) is 0.522. The molecule has 1 aromatic carbocycles. The van der Waals surface area contributed by atoms with E-state index in [-0.39, 0.29) is 12.2 Å². The third-order valence-electron chi connectivity index (χ3n) is 5.12. The van der Waals surface area contributed by atoms with Gasteiger partial charge in [-0.2, -0.15) is 0 Å². The summed E-state index contributed by atoms with van der Waals surface area (Å²) in [5.74, 6) is -1.21. The first kappa shape index (κ1) is 23.4. The molecule has 2 aromatic rings. The van der Waals surface area contributed by atoms with Crippen molar-refractivity contribution >= 4 is 22.8 Å². The molecular formula is C23H31NO6. The maximum atomic E-state index is 12.4. The van der Waals surface area contributed by atoms with Crippen LogP contribution >= 0.6 is 0 Å². The minimum absolute atomic E-state index is 0.322. The van der Waals surface area contributed by atoms with E-state index in [2.05, 4.69) is 12.2 Å². The standard InChI is InChI=1S/C23H31NO6/c1-4-6-7-8-10-18-15(3)17-12-11-16(13-20(17)30-23(18)28)29-14-21(25)24-19(9-5-2)22(26)27/h11-13,19H,4-10,14H2,1-3H3,(H,24,25)(H,26,27)/t19-/m0/s1. The van der Waals surface area contributed by atoms with Gasteiger partial charge in [-0.15, -0.1) is 0 Å². The fourth-order valence-corrected chi connectivity index (χ4v) is 3.41. The van der Waals surface area contributed by atoms with Crippen molar-refractivity contribution in [1.29, 1.82) is 0 Å². The van der Waals surface area contributed by atoms with E-state index in [1.807, 2.05) is 19.9 Å². The molecule has 7 nitrogen and oxygen atoms in total. The van der Waals surface area contributed by atoms with E-state index in [4.69, 9.17) is 14.3 Å². The highest BCUT2D eigenvalue weighted by atomic mass is 16.5. The van der Waals surface area contributed by atoms with E-state index < -0.39 is 17.9 Å². The van der Waals surface area contributed by atoms with Crippen LogP contribution in [0.1, 0.15) is 63.5 Å². The Hall–Kier alpha value is -2.83. The average Bonchev–Trinajstić information content (AvgIpc) is 2.71. The summed E-state index contributed by atoms with van der Waals surface area (Å²) >= 11 is 0. The summed E-state index contributed by atoms with van der Waals surface area (Å²) in [6.07, 6.45) is 6.02. The quantitative estimate of drug-likeness (QED) is 0.400. The molecule has 2 rings (SSSR count). The predicted octanol–water partition coefficient (Wildman–Crippen LogP) is 3.97. The largest absolute Gasteiger partial charge is 0.484 e. The zero-order valence-corrected chi connectivity index (χ0v) is 18.0. The summed E-state index contributed by atoms with van der Waals surface area (Å²) in [7, 11) is 0. The molecule has 0 fully saturated rings. The molecule has 0 aliphatic heterocycles. The Bertz CT molecular complexity index is 933. The molecule has 1 heterocycles. The molecule has 1 atom stereocenters. The molecule has 0 aliphatic carbocycles. The molecule has 0 saturated carbocycles. The van der Waals surface area contributed by atoms with Crippen LogP contribution in [0.4, 0.5) is 0 Å². The van der Waals surface area contributed by atoms with Crippen LogP contribution in [0.3, 0.4) is 0 Å². The number of amides is 1. The lowest BCUT2D eigenvalue weighted by molar-refractivity contribution is -0.142. The second kappa shape index (κ2) is 11.4. The van der Waals surface area contributed by atoms with Gasteiger partial charge in [0, 0.05) is 17.0 Å². The van der Waals surface area contributed by atoms with E-state index >= 15 is 0 Å². The van der Waals surface area contributed by atoms with Crippen molar-refractivity contribution in [2.45, 2.75) is 71.8 Å². The number of nitrogens with one attached hydrogen (secondary N) is 1. The number of carbonyl (C=O) groups excluding carboxylic acids is 1. The number of carbonyl (C=O) groups is 2. The number of aryl methyl sites for hydroxylation is 1. The Balaban J connectivity index is 2.07. The number of benzene rings is 1. The normalized spacial score (nSPS) is 12.0. The average molecular weight is 418 g/mol. The van der Waals surface area contributed by atoms with Crippen molar-refractivity contribution in [3.05, 3.63) is 39.7 Å². The van der Waals surface area contributed by atoms with Gasteiger partial charge in [0.15, 0.2) is 6.61 Å². The zero-order chi connectivity index (χ0) is 22.1. The molecular weight excluding hydrogens is 386 g/mol. The lowest BCUT2D eigenvalue weighted by Crippen LogP contribution is -2.42. The molecule has 1 aromatic heterocycles. The van der Waals surface area contributed by atoms with E-state index in [1.54, 1.807) is 12.1 Å². The van der Waals surface area contributed by atoms with Crippen LogP contribution in [0.15, 0.2) is 27.4 Å². The van der Waals surface area contributed by atoms with Crippen molar-refractivity contribution in [2.24, 2.45) is 0 Å². The molecule has 0 saturated heterocycles. The van der Waals surface area contributed by atoms with Crippen molar-refractivity contribution in [1.82, 2.24) is 5.32 Å². The van der Waals surface area contributed by atoms with Gasteiger partial charge in [0.25, 0.3) is 5.91 Å². The lowest BCUT2D eigenvalue weighted by atomic mass is 10.0. The molecule has 7 heteroatoms. The van der Waals surface area contributed by atoms with E-state index in [0.717, 1.165) is 36.6 Å². The van der Waals surface area contributed by atoms with Gasteiger partial charge in [-0.1, -0.05) is 39.5 Å². The topological polar surface area (TPSA) is 106 Å². The molecule has 0 bridgehead atoms. The molecule has 0 unspecified atom stereocenters. The van der Waals surface area contributed by atoms with Crippen LogP contribution in [0.2, 0.25) is 0 Å². The predicted molar refractivity (Wildman–Crippen MR) is 115 cm³/mol.